The second-order valence-corrected chi connectivity index (χ2v) is 10.8. The largest absolute Gasteiger partial charge is 0.414 e. The normalized spacial score (nSPS) is 20.7. The minimum absolute atomic E-state index is 0.0169. The van der Waals surface area contributed by atoms with Gasteiger partial charge >= 0.3 is 0 Å². The molecule has 5 rings (SSSR count). The fraction of sp³-hybridized carbons (Fsp3) is 0.419. The van der Waals surface area contributed by atoms with Gasteiger partial charge in [0.05, 0.1) is 6.10 Å². The van der Waals surface area contributed by atoms with E-state index >= 15 is 0 Å². The van der Waals surface area contributed by atoms with Crippen LogP contribution in [-0.4, -0.2) is 64.6 Å². The maximum Gasteiger partial charge on any atom is 0.253 e. The minimum atomic E-state index is -0.359. The molecule has 2 saturated heterocycles. The molecular weight excluding hydrogens is 511 g/mol. The number of nitrogens with zero attached hydrogens (tertiary/aromatic N) is 3. The fourth-order valence-electron chi connectivity index (χ4n) is 5.85. The monoisotopic (exact) mass is 548 g/mol. The zero-order valence-corrected chi connectivity index (χ0v) is 23.3. The van der Waals surface area contributed by atoms with Gasteiger partial charge in [-0.15, -0.1) is 5.06 Å². The molecular formula is C31H37FN4O4. The molecule has 0 unspecified atom stereocenters. The van der Waals surface area contributed by atoms with Gasteiger partial charge in [0, 0.05) is 47.5 Å². The van der Waals surface area contributed by atoms with Gasteiger partial charge < -0.3 is 20.2 Å². The van der Waals surface area contributed by atoms with Gasteiger partial charge in [-0.3, -0.25) is 14.7 Å². The van der Waals surface area contributed by atoms with E-state index < -0.39 is 0 Å². The van der Waals surface area contributed by atoms with E-state index in [0.717, 1.165) is 40.8 Å². The minimum Gasteiger partial charge on any atom is -0.414 e. The number of amidine groups is 1. The quantitative estimate of drug-likeness (QED) is 0.502. The van der Waals surface area contributed by atoms with Crippen LogP contribution in [0.5, 0.6) is 5.75 Å². The Balaban J connectivity index is 1.20. The number of benzene rings is 2. The Hall–Kier alpha value is -3.69. The van der Waals surface area contributed by atoms with Gasteiger partial charge in [-0.25, -0.2) is 0 Å². The second kappa shape index (κ2) is 11.8. The molecule has 40 heavy (non-hydrogen) atoms. The number of carbonyl (C=O) groups is 1. The summed E-state index contributed by atoms with van der Waals surface area (Å²) < 4.78 is 12.7. The molecule has 8 nitrogen and oxygen atoms in total. The molecule has 9 heteroatoms. The number of rotatable bonds is 6. The number of aryl methyl sites for hydroxylation is 2. The lowest BCUT2D eigenvalue weighted by Gasteiger charge is -2.36. The van der Waals surface area contributed by atoms with Crippen molar-refractivity contribution in [1.82, 2.24) is 15.3 Å². The summed E-state index contributed by atoms with van der Waals surface area (Å²) in [5.41, 5.74) is 5.20. The summed E-state index contributed by atoms with van der Waals surface area (Å²) >= 11 is 0. The van der Waals surface area contributed by atoms with Gasteiger partial charge in [0.15, 0.2) is 5.75 Å². The molecule has 0 aliphatic carbocycles. The maximum atomic E-state index is 13.0. The summed E-state index contributed by atoms with van der Waals surface area (Å²) in [6, 6.07) is 10.7. The lowest BCUT2D eigenvalue weighted by molar-refractivity contribution is -0.121. The number of aliphatic imine (C=N–C) groups is 1. The summed E-state index contributed by atoms with van der Waals surface area (Å²) in [5, 5.41) is 15.1. The van der Waals surface area contributed by atoms with E-state index in [1.807, 2.05) is 55.0 Å². The summed E-state index contributed by atoms with van der Waals surface area (Å²) in [7, 11) is 0. The summed E-state index contributed by atoms with van der Waals surface area (Å²) in [6.07, 6.45) is 8.21. The third kappa shape index (κ3) is 5.76. The standard InChI is InChI=1S/C31H37FN4O4/c1-4-28-31(34-29(33-28)23-6-5-7-26(20-23)40-32)11-15-36(16-12-31)39-17-10-27-21(2)18-24(19-22(27)3)30(38)35-13-8-25(37)9-14-35/h4-7,10,17-20,25,37H,8-9,11-16H2,1-3H3,(H,33,34)/b17-10+,28-4?. The molecule has 1 spiro atoms. The van der Waals surface area contributed by atoms with Crippen molar-refractivity contribution in [2.75, 3.05) is 26.2 Å². The molecule has 1 amide bonds. The number of aliphatic hydroxyl groups excluding tert-OH is 1. The van der Waals surface area contributed by atoms with Crippen molar-refractivity contribution in [3.05, 3.63) is 82.3 Å². The number of allylic oxidation sites excluding steroid dienone is 1. The Kier molecular flexibility index (Phi) is 8.23. The predicted octanol–water partition coefficient (Wildman–Crippen LogP) is 4.85. The molecule has 2 aromatic carbocycles. The van der Waals surface area contributed by atoms with Gasteiger partial charge in [-0.2, -0.15) is 0 Å². The number of halogens is 1. The Morgan fingerprint density at radius 2 is 1.82 bits per heavy atom. The number of piperidine rings is 2. The average Bonchev–Trinajstić information content (AvgIpc) is 3.33. The second-order valence-electron chi connectivity index (χ2n) is 10.8. The number of hydrogen-bond acceptors (Lipinski definition) is 7. The Morgan fingerprint density at radius 3 is 2.48 bits per heavy atom. The van der Waals surface area contributed by atoms with E-state index in [1.54, 1.807) is 24.5 Å². The summed E-state index contributed by atoms with van der Waals surface area (Å²) in [5.74, 6) is 0.879. The van der Waals surface area contributed by atoms with Crippen LogP contribution >= 0.6 is 0 Å². The highest BCUT2D eigenvalue weighted by atomic mass is 19.3. The zero-order valence-electron chi connectivity index (χ0n) is 23.3. The summed E-state index contributed by atoms with van der Waals surface area (Å²) in [4.78, 5) is 29.7. The first-order chi connectivity index (χ1) is 19.3. The molecule has 3 aliphatic heterocycles. The molecule has 0 saturated carbocycles. The van der Waals surface area contributed by atoms with Crippen LogP contribution in [0.3, 0.4) is 0 Å². The van der Waals surface area contributed by atoms with Gasteiger partial charge in [0.2, 0.25) is 0 Å². The van der Waals surface area contributed by atoms with Crippen LogP contribution < -0.4 is 10.3 Å². The molecule has 3 aliphatic rings. The lowest BCUT2D eigenvalue weighted by Crippen LogP contribution is -2.43. The van der Waals surface area contributed by atoms with E-state index in [-0.39, 0.29) is 23.3 Å². The highest BCUT2D eigenvalue weighted by Crippen LogP contribution is 2.37. The molecule has 0 bridgehead atoms. The number of hydrogen-bond donors (Lipinski definition) is 2. The highest BCUT2D eigenvalue weighted by molar-refractivity contribution is 6.02. The number of likely N-dealkylation sites (tertiary alicyclic amines) is 1. The van der Waals surface area contributed by atoms with Crippen molar-refractivity contribution in [3.8, 4) is 5.75 Å². The first-order valence-corrected chi connectivity index (χ1v) is 13.9. The molecule has 0 aromatic heterocycles. The van der Waals surface area contributed by atoms with Crippen molar-refractivity contribution < 1.29 is 24.2 Å². The first-order valence-electron chi connectivity index (χ1n) is 13.9. The Bertz CT molecular complexity index is 1320. The lowest BCUT2D eigenvalue weighted by atomic mass is 9.86. The molecule has 3 heterocycles. The van der Waals surface area contributed by atoms with Crippen molar-refractivity contribution >= 4 is 17.8 Å². The summed E-state index contributed by atoms with van der Waals surface area (Å²) in [6.45, 7) is 8.58. The predicted molar refractivity (Wildman–Crippen MR) is 152 cm³/mol. The molecule has 2 fully saturated rings. The number of amides is 1. The number of hydroxylamine groups is 2. The fourth-order valence-corrected chi connectivity index (χ4v) is 5.85. The maximum absolute atomic E-state index is 13.0. The zero-order chi connectivity index (χ0) is 28.3. The molecule has 2 aromatic rings. The molecule has 2 N–H and O–H groups in total. The van der Waals surface area contributed by atoms with E-state index in [2.05, 4.69) is 16.3 Å². The van der Waals surface area contributed by atoms with Gasteiger partial charge in [0.1, 0.15) is 17.6 Å². The van der Waals surface area contributed by atoms with E-state index in [9.17, 15) is 14.4 Å². The van der Waals surface area contributed by atoms with Crippen LogP contribution in [0.1, 0.15) is 65.2 Å². The van der Waals surface area contributed by atoms with Crippen molar-refractivity contribution in [2.45, 2.75) is 58.1 Å². The van der Waals surface area contributed by atoms with Crippen LogP contribution in [0.2, 0.25) is 0 Å². The van der Waals surface area contributed by atoms with Crippen LogP contribution in [0.4, 0.5) is 4.53 Å². The van der Waals surface area contributed by atoms with Crippen LogP contribution in [0, 0.1) is 13.8 Å². The van der Waals surface area contributed by atoms with Crippen molar-refractivity contribution in [3.63, 3.8) is 0 Å². The van der Waals surface area contributed by atoms with Crippen LogP contribution in [-0.2, 0) is 4.84 Å². The molecule has 0 radical (unpaired) electrons. The third-order valence-corrected chi connectivity index (χ3v) is 8.15. The smallest absolute Gasteiger partial charge is 0.253 e. The number of nitrogens with one attached hydrogen (secondary N) is 1. The highest BCUT2D eigenvalue weighted by Gasteiger charge is 2.42. The van der Waals surface area contributed by atoms with E-state index in [4.69, 9.17) is 9.83 Å². The third-order valence-electron chi connectivity index (χ3n) is 8.15. The van der Waals surface area contributed by atoms with E-state index in [1.165, 1.54) is 0 Å². The topological polar surface area (TPSA) is 86.6 Å². The van der Waals surface area contributed by atoms with Crippen LogP contribution in [0.15, 0.2) is 59.4 Å². The number of aliphatic hydroxyl groups is 1. The van der Waals surface area contributed by atoms with Gasteiger partial charge in [-0.05, 0) is 93.5 Å². The first kappa shape index (κ1) is 27.9. The van der Waals surface area contributed by atoms with Crippen molar-refractivity contribution in [2.24, 2.45) is 4.99 Å². The van der Waals surface area contributed by atoms with Crippen LogP contribution in [0.25, 0.3) is 6.08 Å². The number of carbonyl (C=O) groups excluding carboxylic acids is 1. The van der Waals surface area contributed by atoms with Gasteiger partial charge in [0.25, 0.3) is 5.91 Å². The Labute approximate surface area is 234 Å². The van der Waals surface area contributed by atoms with E-state index in [0.29, 0.717) is 50.4 Å². The molecule has 0 atom stereocenters. The Morgan fingerprint density at radius 1 is 1.12 bits per heavy atom. The van der Waals surface area contributed by atoms with Gasteiger partial charge in [-0.1, -0.05) is 18.2 Å². The molecule has 212 valence electrons. The SMILES string of the molecule is CC=C1NC(c2cccc(OF)c2)=NC12CCN(O/C=C/c1c(C)cc(C(=O)N3CCC(O)CC3)cc1C)CC2. The average molecular weight is 549 g/mol. The van der Waals surface area contributed by atoms with Crippen molar-refractivity contribution in [1.29, 1.82) is 0 Å².